The summed E-state index contributed by atoms with van der Waals surface area (Å²) in [6, 6.07) is 6.29. The minimum Gasteiger partial charge on any atom is -0.348 e. The molecule has 0 aliphatic carbocycles. The predicted molar refractivity (Wildman–Crippen MR) is 93.8 cm³/mol. The third-order valence-electron chi connectivity index (χ3n) is 4.08. The molecule has 8 nitrogen and oxygen atoms in total. The zero-order chi connectivity index (χ0) is 18.4. The minimum absolute atomic E-state index is 0.0291. The highest BCUT2D eigenvalue weighted by Crippen LogP contribution is 2.19. The van der Waals surface area contributed by atoms with Gasteiger partial charge in [-0.15, -0.1) is 0 Å². The number of nitrogens with zero attached hydrogens (tertiary/aromatic N) is 4. The summed E-state index contributed by atoms with van der Waals surface area (Å²) in [7, 11) is 3.44. The number of hydrogen-bond donors (Lipinski definition) is 0. The van der Waals surface area contributed by atoms with Crippen LogP contribution in [0.2, 0.25) is 0 Å². The number of amides is 2. The Morgan fingerprint density at radius 2 is 1.84 bits per heavy atom. The van der Waals surface area contributed by atoms with Crippen molar-refractivity contribution in [3.8, 4) is 0 Å². The Hall–Kier alpha value is -2.74. The van der Waals surface area contributed by atoms with Crippen molar-refractivity contribution >= 4 is 23.6 Å². The maximum absolute atomic E-state index is 12.3. The molecule has 25 heavy (non-hydrogen) atoms. The molecule has 0 unspecified atom stereocenters. The van der Waals surface area contributed by atoms with E-state index in [1.807, 2.05) is 4.90 Å². The summed E-state index contributed by atoms with van der Waals surface area (Å²) in [6.45, 7) is 2.66. The number of rotatable bonds is 5. The number of nitro groups is 1. The van der Waals surface area contributed by atoms with Crippen molar-refractivity contribution in [2.24, 2.45) is 0 Å². The average molecular weight is 346 g/mol. The minimum atomic E-state index is -0.468. The van der Waals surface area contributed by atoms with Crippen molar-refractivity contribution in [3.63, 3.8) is 0 Å². The van der Waals surface area contributed by atoms with Gasteiger partial charge in [-0.3, -0.25) is 24.6 Å². The normalized spacial score (nSPS) is 15.4. The van der Waals surface area contributed by atoms with Gasteiger partial charge in [0.05, 0.1) is 17.0 Å². The maximum atomic E-state index is 12.3. The first-order chi connectivity index (χ1) is 11.9. The first-order valence-electron chi connectivity index (χ1n) is 8.01. The third kappa shape index (κ3) is 5.12. The molecule has 2 rings (SSSR count). The van der Waals surface area contributed by atoms with Gasteiger partial charge in [0, 0.05) is 52.4 Å². The lowest BCUT2D eigenvalue weighted by molar-refractivity contribution is -0.385. The van der Waals surface area contributed by atoms with E-state index in [0.717, 1.165) is 0 Å². The molecule has 0 N–H and O–H groups in total. The van der Waals surface area contributed by atoms with Gasteiger partial charge in [0.15, 0.2) is 0 Å². The molecule has 0 spiro atoms. The zero-order valence-electron chi connectivity index (χ0n) is 14.4. The van der Waals surface area contributed by atoms with Crippen LogP contribution in [0.25, 0.3) is 6.08 Å². The fourth-order valence-electron chi connectivity index (χ4n) is 2.52. The molecule has 1 fully saturated rings. The van der Waals surface area contributed by atoms with Gasteiger partial charge < -0.3 is 9.80 Å². The molecule has 1 heterocycles. The number of hydrogen-bond acceptors (Lipinski definition) is 5. The first kappa shape index (κ1) is 18.6. The largest absolute Gasteiger partial charge is 0.348 e. The smallest absolute Gasteiger partial charge is 0.276 e. The molecule has 1 aromatic rings. The highest BCUT2D eigenvalue weighted by Gasteiger charge is 2.21. The van der Waals surface area contributed by atoms with E-state index in [-0.39, 0.29) is 17.5 Å². The van der Waals surface area contributed by atoms with Gasteiger partial charge in [0.1, 0.15) is 0 Å². The fraction of sp³-hybridized carbons (Fsp3) is 0.412. The fourth-order valence-corrected chi connectivity index (χ4v) is 2.52. The Bertz CT molecular complexity index is 679. The second-order valence-electron chi connectivity index (χ2n) is 6.04. The van der Waals surface area contributed by atoms with Crippen molar-refractivity contribution in [3.05, 3.63) is 46.0 Å². The van der Waals surface area contributed by atoms with E-state index in [9.17, 15) is 19.7 Å². The molecule has 1 aliphatic rings. The lowest BCUT2D eigenvalue weighted by Gasteiger charge is -2.34. The highest BCUT2D eigenvalue weighted by atomic mass is 16.6. The van der Waals surface area contributed by atoms with Gasteiger partial charge in [0.25, 0.3) is 5.69 Å². The van der Waals surface area contributed by atoms with Crippen LogP contribution >= 0.6 is 0 Å². The van der Waals surface area contributed by atoms with E-state index in [0.29, 0.717) is 38.3 Å². The van der Waals surface area contributed by atoms with E-state index < -0.39 is 4.92 Å². The molecular weight excluding hydrogens is 324 g/mol. The molecule has 0 saturated carbocycles. The Balaban J connectivity index is 1.91. The lowest BCUT2D eigenvalue weighted by atomic mass is 10.1. The Morgan fingerprint density at radius 3 is 2.44 bits per heavy atom. The molecule has 2 amide bonds. The summed E-state index contributed by atoms with van der Waals surface area (Å²) in [4.78, 5) is 39.7. The van der Waals surface area contributed by atoms with Crippen molar-refractivity contribution in [2.75, 3.05) is 46.8 Å². The molecule has 1 aromatic carbocycles. The molecule has 1 aliphatic heterocycles. The van der Waals surface area contributed by atoms with Gasteiger partial charge in [-0.25, -0.2) is 0 Å². The summed E-state index contributed by atoms with van der Waals surface area (Å²) < 4.78 is 0. The van der Waals surface area contributed by atoms with Crippen LogP contribution in [-0.2, 0) is 9.59 Å². The van der Waals surface area contributed by atoms with Gasteiger partial charge in [-0.05, 0) is 12.1 Å². The van der Waals surface area contributed by atoms with E-state index in [1.165, 1.54) is 18.2 Å². The SMILES string of the molecule is CN(C)C(=O)CN1CCN(C(=O)C=Cc2ccccc2[N+](=O)[O-])CC1. The van der Waals surface area contributed by atoms with Crippen LogP contribution in [0.3, 0.4) is 0 Å². The monoisotopic (exact) mass is 346 g/mol. The molecule has 8 heteroatoms. The maximum Gasteiger partial charge on any atom is 0.276 e. The summed E-state index contributed by atoms with van der Waals surface area (Å²) >= 11 is 0. The number of nitro benzene ring substituents is 1. The zero-order valence-corrected chi connectivity index (χ0v) is 14.4. The number of benzene rings is 1. The molecule has 0 aromatic heterocycles. The predicted octanol–water partition coefficient (Wildman–Crippen LogP) is 0.840. The highest BCUT2D eigenvalue weighted by molar-refractivity contribution is 5.92. The third-order valence-corrected chi connectivity index (χ3v) is 4.08. The summed E-state index contributed by atoms with van der Waals surface area (Å²) in [5.41, 5.74) is 0.370. The number of carbonyl (C=O) groups excluding carboxylic acids is 2. The molecule has 1 saturated heterocycles. The van der Waals surface area contributed by atoms with Crippen LogP contribution < -0.4 is 0 Å². The number of piperazine rings is 1. The van der Waals surface area contributed by atoms with Crippen LogP contribution in [0, 0.1) is 10.1 Å². The van der Waals surface area contributed by atoms with E-state index >= 15 is 0 Å². The van der Waals surface area contributed by atoms with E-state index in [4.69, 9.17) is 0 Å². The van der Waals surface area contributed by atoms with Gasteiger partial charge in [-0.2, -0.15) is 0 Å². The Kier molecular flexibility index (Phi) is 6.24. The van der Waals surface area contributed by atoms with Gasteiger partial charge in [-0.1, -0.05) is 12.1 Å². The van der Waals surface area contributed by atoms with Gasteiger partial charge in [0.2, 0.25) is 11.8 Å². The topological polar surface area (TPSA) is 87.0 Å². The van der Waals surface area contributed by atoms with Crippen LogP contribution in [0.4, 0.5) is 5.69 Å². The van der Waals surface area contributed by atoms with E-state index in [2.05, 4.69) is 0 Å². The van der Waals surface area contributed by atoms with Crippen LogP contribution in [-0.4, -0.2) is 78.3 Å². The summed E-state index contributed by atoms with van der Waals surface area (Å²) in [5.74, 6) is -0.146. The average Bonchev–Trinajstić information content (AvgIpc) is 2.60. The first-order valence-corrected chi connectivity index (χ1v) is 8.01. The summed E-state index contributed by atoms with van der Waals surface area (Å²) in [5, 5.41) is 11.0. The Morgan fingerprint density at radius 1 is 1.20 bits per heavy atom. The standard InChI is InChI=1S/C17H22N4O4/c1-18(2)17(23)13-19-9-11-20(12-10-19)16(22)8-7-14-5-3-4-6-15(14)21(24)25/h3-8H,9-13H2,1-2H3. The summed E-state index contributed by atoms with van der Waals surface area (Å²) in [6.07, 6.45) is 2.84. The van der Waals surface area contributed by atoms with Crippen molar-refractivity contribution < 1.29 is 14.5 Å². The quantitative estimate of drug-likeness (QED) is 0.448. The Labute approximate surface area is 146 Å². The van der Waals surface area contributed by atoms with Crippen molar-refractivity contribution in [1.29, 1.82) is 0 Å². The number of likely N-dealkylation sites (N-methyl/N-ethyl adjacent to an activating group) is 1. The molecule has 0 bridgehead atoms. The second kappa shape index (κ2) is 8.39. The molecule has 134 valence electrons. The second-order valence-corrected chi connectivity index (χ2v) is 6.04. The lowest BCUT2D eigenvalue weighted by Crippen LogP contribution is -2.50. The van der Waals surface area contributed by atoms with Crippen LogP contribution in [0.15, 0.2) is 30.3 Å². The van der Waals surface area contributed by atoms with Gasteiger partial charge >= 0.3 is 0 Å². The van der Waals surface area contributed by atoms with E-state index in [1.54, 1.807) is 42.1 Å². The number of carbonyl (C=O) groups is 2. The van der Waals surface area contributed by atoms with Crippen LogP contribution in [0.1, 0.15) is 5.56 Å². The van der Waals surface area contributed by atoms with Crippen molar-refractivity contribution in [2.45, 2.75) is 0 Å². The molecule has 0 radical (unpaired) electrons. The number of para-hydroxylation sites is 1. The van der Waals surface area contributed by atoms with Crippen molar-refractivity contribution in [1.82, 2.24) is 14.7 Å². The van der Waals surface area contributed by atoms with Crippen LogP contribution in [0.5, 0.6) is 0 Å². The molecule has 0 atom stereocenters. The molecular formula is C17H22N4O4.